The van der Waals surface area contributed by atoms with Crippen LogP contribution >= 0.6 is 11.8 Å². The first-order valence-corrected chi connectivity index (χ1v) is 5.60. The maximum absolute atomic E-state index is 5.65. The van der Waals surface area contributed by atoms with E-state index in [0.717, 1.165) is 6.54 Å². The first kappa shape index (κ1) is 9.71. The summed E-state index contributed by atoms with van der Waals surface area (Å²) in [5.41, 5.74) is 5.65. The van der Waals surface area contributed by atoms with Crippen molar-refractivity contribution in [3.63, 3.8) is 0 Å². The number of nitrogens with one attached hydrogen (secondary N) is 1. The van der Waals surface area contributed by atoms with Crippen molar-refractivity contribution in [1.29, 1.82) is 0 Å². The normalized spacial score (nSPS) is 20.7. The molecule has 3 N–H and O–H groups in total. The van der Waals surface area contributed by atoms with Crippen LogP contribution in [0.5, 0.6) is 0 Å². The Morgan fingerprint density at radius 1 is 1.75 bits per heavy atom. The molecule has 1 saturated carbocycles. The molecule has 3 nitrogen and oxygen atoms in total. The number of hydrogen-bond donors (Lipinski definition) is 2. The van der Waals surface area contributed by atoms with Crippen LogP contribution < -0.4 is 11.1 Å². The number of aliphatic imine (C=N–C) groups is 1. The molecule has 0 bridgehead atoms. The minimum Gasteiger partial charge on any atom is -0.370 e. The Morgan fingerprint density at radius 3 is 2.92 bits per heavy atom. The predicted octanol–water partition coefficient (Wildman–Crippen LogP) is 0.805. The van der Waals surface area contributed by atoms with E-state index in [-0.39, 0.29) is 0 Å². The van der Waals surface area contributed by atoms with E-state index in [1.807, 2.05) is 11.8 Å². The van der Waals surface area contributed by atoms with Gasteiger partial charge in [0, 0.05) is 11.3 Å². The molecule has 70 valence electrons. The van der Waals surface area contributed by atoms with Crippen LogP contribution in [0.4, 0.5) is 0 Å². The molecule has 1 atom stereocenters. The average Bonchev–Trinajstić information content (AvgIpc) is 2.84. The molecule has 0 saturated heterocycles. The van der Waals surface area contributed by atoms with Gasteiger partial charge < -0.3 is 11.1 Å². The van der Waals surface area contributed by atoms with Gasteiger partial charge in [0.05, 0.1) is 6.54 Å². The van der Waals surface area contributed by atoms with Crippen molar-refractivity contribution in [3.05, 3.63) is 0 Å². The summed E-state index contributed by atoms with van der Waals surface area (Å²) < 4.78 is 0. The topological polar surface area (TPSA) is 50.4 Å². The molecular weight excluding hydrogens is 170 g/mol. The van der Waals surface area contributed by atoms with Crippen LogP contribution in [-0.4, -0.2) is 30.1 Å². The number of rotatable bonds is 4. The lowest BCUT2D eigenvalue weighted by Crippen LogP contribution is -2.33. The molecule has 0 radical (unpaired) electrons. The van der Waals surface area contributed by atoms with Gasteiger partial charge in [0.25, 0.3) is 0 Å². The second kappa shape index (κ2) is 4.60. The maximum atomic E-state index is 5.65. The highest BCUT2D eigenvalue weighted by molar-refractivity contribution is 7.99. The quantitative estimate of drug-likeness (QED) is 0.506. The summed E-state index contributed by atoms with van der Waals surface area (Å²) in [6, 6.07) is 0.610. The molecule has 0 heterocycles. The summed E-state index contributed by atoms with van der Waals surface area (Å²) >= 11 is 1.81. The minimum absolute atomic E-state index is 0.560. The fourth-order valence-corrected chi connectivity index (χ4v) is 1.01. The fourth-order valence-electron chi connectivity index (χ4n) is 0.784. The van der Waals surface area contributed by atoms with Crippen LogP contribution in [-0.2, 0) is 0 Å². The summed E-state index contributed by atoms with van der Waals surface area (Å²) in [7, 11) is 0. The van der Waals surface area contributed by atoms with Gasteiger partial charge in [-0.1, -0.05) is 6.92 Å². The van der Waals surface area contributed by atoms with E-state index in [4.69, 9.17) is 5.73 Å². The van der Waals surface area contributed by atoms with Crippen molar-refractivity contribution in [3.8, 4) is 0 Å². The Balaban J connectivity index is 2.14. The average molecular weight is 187 g/mol. The summed E-state index contributed by atoms with van der Waals surface area (Å²) in [5, 5.41) is 3.71. The van der Waals surface area contributed by atoms with Crippen molar-refractivity contribution >= 4 is 17.7 Å². The van der Waals surface area contributed by atoms with Crippen LogP contribution in [0.2, 0.25) is 0 Å². The van der Waals surface area contributed by atoms with Gasteiger partial charge in [0.1, 0.15) is 0 Å². The molecule has 0 aliphatic heterocycles. The Morgan fingerprint density at radius 2 is 2.42 bits per heavy atom. The molecule has 0 spiro atoms. The first-order chi connectivity index (χ1) is 5.72. The predicted molar refractivity (Wildman–Crippen MR) is 55.6 cm³/mol. The summed E-state index contributed by atoms with van der Waals surface area (Å²) in [4.78, 5) is 4.24. The third kappa shape index (κ3) is 3.85. The SMILES string of the molecule is CSC(C)CN=C(N)NC1CC1. The molecule has 1 fully saturated rings. The van der Waals surface area contributed by atoms with Crippen LogP contribution in [0.25, 0.3) is 0 Å². The molecule has 1 rings (SSSR count). The van der Waals surface area contributed by atoms with Gasteiger partial charge in [-0.25, -0.2) is 0 Å². The van der Waals surface area contributed by atoms with E-state index in [2.05, 4.69) is 23.5 Å². The van der Waals surface area contributed by atoms with Crippen LogP contribution in [0, 0.1) is 0 Å². The van der Waals surface area contributed by atoms with Crippen LogP contribution in [0.1, 0.15) is 19.8 Å². The van der Waals surface area contributed by atoms with E-state index < -0.39 is 0 Å². The van der Waals surface area contributed by atoms with Crippen LogP contribution in [0.3, 0.4) is 0 Å². The van der Waals surface area contributed by atoms with Crippen molar-refractivity contribution in [1.82, 2.24) is 5.32 Å². The number of thioether (sulfide) groups is 1. The molecule has 1 unspecified atom stereocenters. The van der Waals surface area contributed by atoms with Gasteiger partial charge in [-0.3, -0.25) is 4.99 Å². The highest BCUT2D eigenvalue weighted by Crippen LogP contribution is 2.18. The van der Waals surface area contributed by atoms with E-state index in [1.54, 1.807) is 0 Å². The number of hydrogen-bond acceptors (Lipinski definition) is 2. The summed E-state index contributed by atoms with van der Waals surface area (Å²) in [6.07, 6.45) is 4.58. The second-order valence-electron chi connectivity index (χ2n) is 3.19. The van der Waals surface area contributed by atoms with Crippen molar-refractivity contribution < 1.29 is 0 Å². The van der Waals surface area contributed by atoms with Crippen LogP contribution in [0.15, 0.2) is 4.99 Å². The Bertz CT molecular complexity index is 166. The molecular formula is C8H17N3S. The van der Waals surface area contributed by atoms with Gasteiger partial charge in [-0.2, -0.15) is 11.8 Å². The smallest absolute Gasteiger partial charge is 0.188 e. The third-order valence-corrected chi connectivity index (χ3v) is 2.80. The van der Waals surface area contributed by atoms with E-state index >= 15 is 0 Å². The molecule has 0 aromatic rings. The molecule has 12 heavy (non-hydrogen) atoms. The highest BCUT2D eigenvalue weighted by Gasteiger charge is 2.21. The van der Waals surface area contributed by atoms with Crippen molar-refractivity contribution in [2.45, 2.75) is 31.1 Å². The number of guanidine groups is 1. The Hall–Kier alpha value is -0.380. The largest absolute Gasteiger partial charge is 0.370 e. The number of nitrogens with two attached hydrogens (primary N) is 1. The standard InChI is InChI=1S/C8H17N3S/c1-6(12-2)5-10-8(9)11-7-3-4-7/h6-7H,3-5H2,1-2H3,(H3,9,10,11). The zero-order valence-corrected chi connectivity index (χ0v) is 8.53. The molecule has 4 heteroatoms. The third-order valence-electron chi connectivity index (χ3n) is 1.85. The van der Waals surface area contributed by atoms with Gasteiger partial charge in [-0.15, -0.1) is 0 Å². The lowest BCUT2D eigenvalue weighted by Gasteiger charge is -2.06. The summed E-state index contributed by atoms with van der Waals surface area (Å²) in [6.45, 7) is 2.96. The zero-order valence-electron chi connectivity index (χ0n) is 7.71. The van der Waals surface area contributed by atoms with E-state index in [0.29, 0.717) is 17.3 Å². The molecule has 0 amide bonds. The fraction of sp³-hybridized carbons (Fsp3) is 0.875. The second-order valence-corrected chi connectivity index (χ2v) is 4.47. The van der Waals surface area contributed by atoms with E-state index in [1.165, 1.54) is 12.8 Å². The van der Waals surface area contributed by atoms with Gasteiger partial charge in [-0.05, 0) is 19.1 Å². The van der Waals surface area contributed by atoms with Gasteiger partial charge in [0.2, 0.25) is 0 Å². The molecule has 0 aromatic heterocycles. The zero-order chi connectivity index (χ0) is 8.97. The van der Waals surface area contributed by atoms with Gasteiger partial charge in [0.15, 0.2) is 5.96 Å². The molecule has 1 aliphatic carbocycles. The Kier molecular flexibility index (Phi) is 3.72. The molecule has 0 aromatic carbocycles. The van der Waals surface area contributed by atoms with E-state index in [9.17, 15) is 0 Å². The minimum atomic E-state index is 0.560. The maximum Gasteiger partial charge on any atom is 0.188 e. The van der Waals surface area contributed by atoms with Crippen molar-refractivity contribution in [2.75, 3.05) is 12.8 Å². The first-order valence-electron chi connectivity index (χ1n) is 4.31. The lowest BCUT2D eigenvalue weighted by molar-refractivity contribution is 0.867. The highest BCUT2D eigenvalue weighted by atomic mass is 32.2. The Labute approximate surface area is 78.2 Å². The number of nitrogens with zero attached hydrogens (tertiary/aromatic N) is 1. The lowest BCUT2D eigenvalue weighted by atomic mass is 10.5. The van der Waals surface area contributed by atoms with Crippen molar-refractivity contribution in [2.24, 2.45) is 10.7 Å². The van der Waals surface area contributed by atoms with Gasteiger partial charge >= 0.3 is 0 Å². The monoisotopic (exact) mass is 187 g/mol. The summed E-state index contributed by atoms with van der Waals surface area (Å²) in [5.74, 6) is 0.610. The molecule has 1 aliphatic rings.